The van der Waals surface area contributed by atoms with Gasteiger partial charge in [0.15, 0.2) is 11.5 Å². The van der Waals surface area contributed by atoms with Crippen molar-refractivity contribution < 1.29 is 24.1 Å². The van der Waals surface area contributed by atoms with Gasteiger partial charge in [-0.3, -0.25) is 0 Å². The van der Waals surface area contributed by atoms with Gasteiger partial charge in [0.05, 0.1) is 41.6 Å². The van der Waals surface area contributed by atoms with E-state index >= 15 is 0 Å². The zero-order valence-corrected chi connectivity index (χ0v) is 26.9. The second-order valence-electron chi connectivity index (χ2n) is 10.2. The van der Waals surface area contributed by atoms with Crippen LogP contribution in [0.1, 0.15) is 53.4 Å². The summed E-state index contributed by atoms with van der Waals surface area (Å²) >= 11 is 6.35. The third-order valence-corrected chi connectivity index (χ3v) is 7.96. The SMILES string of the molecule is CC.CCC1(CC)CCN(CCCOc2cc3ncnc(Oc4ccc(NC(=O)/N=C(N)/C=C\O)c(Cl)c4)c3cc2OC)C1. The Morgan fingerprint density at radius 3 is 2.64 bits per heavy atom. The number of nitrogens with one attached hydrogen (secondary N) is 1. The maximum atomic E-state index is 12.0. The molecule has 0 radical (unpaired) electrons. The van der Waals surface area contributed by atoms with E-state index in [1.54, 1.807) is 25.3 Å². The molecule has 12 heteroatoms. The number of ether oxygens (including phenoxy) is 3. The minimum absolute atomic E-state index is 0.164. The molecule has 2 amide bonds. The Kier molecular flexibility index (Phi) is 13.0. The number of carbonyl (C=O) groups excluding carboxylic acids is 1. The molecule has 1 aromatic heterocycles. The second kappa shape index (κ2) is 16.7. The molecule has 2 heterocycles. The molecule has 0 atom stereocenters. The lowest BCUT2D eigenvalue weighted by Gasteiger charge is -2.26. The van der Waals surface area contributed by atoms with Crippen molar-refractivity contribution in [3.8, 4) is 23.1 Å². The molecule has 4 N–H and O–H groups in total. The van der Waals surface area contributed by atoms with Crippen LogP contribution in [0.25, 0.3) is 10.9 Å². The summed E-state index contributed by atoms with van der Waals surface area (Å²) in [6.45, 7) is 12.5. The van der Waals surface area contributed by atoms with Gasteiger partial charge in [-0.25, -0.2) is 14.8 Å². The standard InChI is InChI=1S/C30H37ClN6O5.C2H6/c1-4-30(5-2)10-12-37(18-30)11-6-14-41-26-17-24-21(16-25(26)40-3)28(34-19-33-24)42-20-7-8-23(22(31)15-20)35-29(39)36-27(32)9-13-38;1-2/h7-9,13,15-17,19,38H,4-6,10-12,14,18H2,1-3H3,(H3,32,35,36,39);1-2H3/b13-9-;. The number of nitrogens with two attached hydrogens (primary N) is 1. The number of aliphatic hydroxyl groups is 1. The van der Waals surface area contributed by atoms with Gasteiger partial charge in [0.25, 0.3) is 0 Å². The normalized spacial score (nSPS) is 14.7. The summed E-state index contributed by atoms with van der Waals surface area (Å²) in [7, 11) is 1.59. The van der Waals surface area contributed by atoms with Crippen LogP contribution in [0.3, 0.4) is 0 Å². The van der Waals surface area contributed by atoms with Gasteiger partial charge in [0, 0.05) is 31.3 Å². The van der Waals surface area contributed by atoms with Crippen LogP contribution in [0.5, 0.6) is 23.1 Å². The topological polar surface area (TPSA) is 144 Å². The summed E-state index contributed by atoms with van der Waals surface area (Å²) in [5.41, 5.74) is 6.89. The molecule has 0 aliphatic carbocycles. The Morgan fingerprint density at radius 2 is 1.98 bits per heavy atom. The Balaban J connectivity index is 0.00000259. The first-order valence-corrected chi connectivity index (χ1v) is 15.3. The van der Waals surface area contributed by atoms with Crippen LogP contribution in [-0.4, -0.2) is 65.2 Å². The van der Waals surface area contributed by atoms with E-state index < -0.39 is 6.03 Å². The van der Waals surface area contributed by atoms with Crippen LogP contribution in [0.2, 0.25) is 5.02 Å². The Hall–Kier alpha value is -4.09. The number of halogens is 1. The Labute approximate surface area is 264 Å². The van der Waals surface area contributed by atoms with Crippen molar-refractivity contribution in [2.45, 2.75) is 53.4 Å². The van der Waals surface area contributed by atoms with Crippen molar-refractivity contribution in [2.24, 2.45) is 16.1 Å². The molecule has 0 spiro atoms. The van der Waals surface area contributed by atoms with Crippen molar-refractivity contribution in [3.63, 3.8) is 0 Å². The zero-order valence-electron chi connectivity index (χ0n) is 26.1. The predicted molar refractivity (Wildman–Crippen MR) is 176 cm³/mol. The average Bonchev–Trinajstić information content (AvgIpc) is 3.45. The molecule has 1 aliphatic rings. The maximum absolute atomic E-state index is 12.0. The largest absolute Gasteiger partial charge is 0.515 e. The molecule has 11 nitrogen and oxygen atoms in total. The Bertz CT molecular complexity index is 1460. The van der Waals surface area contributed by atoms with Gasteiger partial charge in [-0.1, -0.05) is 39.3 Å². The summed E-state index contributed by atoms with van der Waals surface area (Å²) in [5.74, 6) is 1.68. The smallest absolute Gasteiger partial charge is 0.347 e. The number of likely N-dealkylation sites (tertiary alicyclic amines) is 1. The molecule has 1 saturated heterocycles. The second-order valence-corrected chi connectivity index (χ2v) is 10.6. The number of urea groups is 1. The van der Waals surface area contributed by atoms with Crippen molar-refractivity contribution in [1.29, 1.82) is 0 Å². The number of amidine groups is 1. The lowest BCUT2D eigenvalue weighted by molar-refractivity contribution is 0.220. The molecule has 0 unspecified atom stereocenters. The summed E-state index contributed by atoms with van der Waals surface area (Å²) < 4.78 is 17.8. The molecule has 0 saturated carbocycles. The third kappa shape index (κ3) is 8.96. The van der Waals surface area contributed by atoms with E-state index in [9.17, 15) is 4.79 Å². The summed E-state index contributed by atoms with van der Waals surface area (Å²) in [6, 6.07) is 7.57. The summed E-state index contributed by atoms with van der Waals surface area (Å²) in [6.07, 6.45) is 7.81. The van der Waals surface area contributed by atoms with Crippen LogP contribution in [0.4, 0.5) is 10.5 Å². The van der Waals surface area contributed by atoms with E-state index in [-0.39, 0.29) is 10.9 Å². The van der Waals surface area contributed by atoms with Crippen LogP contribution < -0.4 is 25.3 Å². The van der Waals surface area contributed by atoms with Gasteiger partial charge in [-0.2, -0.15) is 4.99 Å². The number of fused-ring (bicyclic) bond motifs is 1. The first-order valence-electron chi connectivity index (χ1n) is 14.9. The number of anilines is 1. The van der Waals surface area contributed by atoms with E-state index in [2.05, 4.69) is 39.0 Å². The van der Waals surface area contributed by atoms with Gasteiger partial charge in [0.1, 0.15) is 17.9 Å². The highest BCUT2D eigenvalue weighted by Crippen LogP contribution is 2.38. The van der Waals surface area contributed by atoms with Crippen LogP contribution in [0.15, 0.2) is 54.0 Å². The first-order chi connectivity index (χ1) is 21.3. The number of aromatic nitrogens is 2. The lowest BCUT2D eigenvalue weighted by atomic mass is 9.82. The number of aliphatic imine (C=N–C) groups is 1. The number of rotatable bonds is 12. The van der Waals surface area contributed by atoms with Crippen molar-refractivity contribution in [2.75, 3.05) is 38.7 Å². The molecule has 1 fully saturated rings. The van der Waals surface area contributed by atoms with E-state index in [1.807, 2.05) is 19.9 Å². The number of methoxy groups -OCH3 is 1. The van der Waals surface area contributed by atoms with Crippen LogP contribution in [-0.2, 0) is 0 Å². The van der Waals surface area contributed by atoms with Crippen LogP contribution >= 0.6 is 11.6 Å². The summed E-state index contributed by atoms with van der Waals surface area (Å²) in [4.78, 5) is 26.8. The number of benzene rings is 2. The quantitative estimate of drug-likeness (QED) is 0.0813. The van der Waals surface area contributed by atoms with Gasteiger partial charge in [0.2, 0.25) is 5.88 Å². The minimum atomic E-state index is -0.751. The van der Waals surface area contributed by atoms with Crippen LogP contribution in [0, 0.1) is 5.41 Å². The highest BCUT2D eigenvalue weighted by Gasteiger charge is 2.34. The third-order valence-electron chi connectivity index (χ3n) is 7.65. The molecule has 2 aromatic carbocycles. The predicted octanol–water partition coefficient (Wildman–Crippen LogP) is 7.35. The number of amides is 2. The highest BCUT2D eigenvalue weighted by atomic mass is 35.5. The van der Waals surface area contributed by atoms with E-state index in [0.29, 0.717) is 58.0 Å². The number of hydrogen-bond donors (Lipinski definition) is 3. The van der Waals surface area contributed by atoms with Gasteiger partial charge in [-0.05, 0) is 55.8 Å². The Morgan fingerprint density at radius 1 is 1.20 bits per heavy atom. The van der Waals surface area contributed by atoms with Crippen molar-refractivity contribution in [1.82, 2.24) is 14.9 Å². The fraction of sp³-hybridized carbons (Fsp3) is 0.438. The monoisotopic (exact) mass is 626 g/mol. The van der Waals surface area contributed by atoms with Gasteiger partial charge in [-0.15, -0.1) is 0 Å². The number of hydrogen-bond acceptors (Lipinski definition) is 8. The number of carbonyl (C=O) groups is 1. The molecule has 0 bridgehead atoms. The number of nitrogens with zero attached hydrogens (tertiary/aromatic N) is 4. The fourth-order valence-corrected chi connectivity index (χ4v) is 5.27. The van der Waals surface area contributed by atoms with E-state index in [1.165, 1.54) is 31.7 Å². The lowest BCUT2D eigenvalue weighted by Crippen LogP contribution is -2.27. The zero-order chi connectivity index (χ0) is 32.1. The first kappa shape index (κ1) is 34.4. The molecular weight excluding hydrogens is 584 g/mol. The van der Waals surface area contributed by atoms with Gasteiger partial charge >= 0.3 is 6.03 Å². The fourth-order valence-electron chi connectivity index (χ4n) is 5.06. The van der Waals surface area contributed by atoms with Gasteiger partial charge < -0.3 is 35.3 Å². The molecule has 44 heavy (non-hydrogen) atoms. The summed E-state index contributed by atoms with van der Waals surface area (Å²) in [5, 5.41) is 12.1. The van der Waals surface area contributed by atoms with E-state index in [0.717, 1.165) is 32.1 Å². The molecule has 3 aromatic rings. The molecule has 238 valence electrons. The maximum Gasteiger partial charge on any atom is 0.347 e. The highest BCUT2D eigenvalue weighted by molar-refractivity contribution is 6.33. The minimum Gasteiger partial charge on any atom is -0.515 e. The van der Waals surface area contributed by atoms with Crippen molar-refractivity contribution in [3.05, 3.63) is 54.0 Å². The van der Waals surface area contributed by atoms with Crippen molar-refractivity contribution >= 4 is 40.1 Å². The van der Waals surface area contributed by atoms with E-state index in [4.69, 9.17) is 36.7 Å². The number of aliphatic hydroxyl groups excluding tert-OH is 1. The molecule has 4 rings (SSSR count). The average molecular weight is 627 g/mol. The molecular formula is C32H43ClN6O5. The molecule has 1 aliphatic heterocycles.